The molecule has 0 aliphatic rings. The lowest BCUT2D eigenvalue weighted by Gasteiger charge is -2.10. The lowest BCUT2D eigenvalue weighted by atomic mass is 10.2. The highest BCUT2D eigenvalue weighted by Crippen LogP contribution is 2.34. The first-order valence-corrected chi connectivity index (χ1v) is 6.79. The van der Waals surface area contributed by atoms with E-state index in [1.807, 2.05) is 18.2 Å². The Bertz CT molecular complexity index is 521. The zero-order chi connectivity index (χ0) is 11.5. The van der Waals surface area contributed by atoms with Gasteiger partial charge in [0.25, 0.3) is 0 Å². The Morgan fingerprint density at radius 3 is 3.06 bits per heavy atom. The quantitative estimate of drug-likeness (QED) is 0.660. The van der Waals surface area contributed by atoms with Gasteiger partial charge in [-0.1, -0.05) is 11.6 Å². The Balaban J connectivity index is 2.61. The van der Waals surface area contributed by atoms with Gasteiger partial charge < -0.3 is 4.74 Å². The number of halogens is 2. The lowest BCUT2D eigenvalue weighted by molar-refractivity contribution is 0.345. The average molecular weight is 366 g/mol. The Morgan fingerprint density at radius 1 is 1.50 bits per heavy atom. The third-order valence-electron chi connectivity index (χ3n) is 2.09. The van der Waals surface area contributed by atoms with Crippen molar-refractivity contribution in [3.8, 4) is 5.75 Å². The van der Waals surface area contributed by atoms with Gasteiger partial charge in [0.2, 0.25) is 0 Å². The van der Waals surface area contributed by atoms with Crippen LogP contribution in [0.2, 0.25) is 5.02 Å². The highest BCUT2D eigenvalue weighted by molar-refractivity contribution is 14.1. The summed E-state index contributed by atoms with van der Waals surface area (Å²) in [5.74, 6) is 1.46. The zero-order valence-corrected chi connectivity index (χ0v) is 12.1. The summed E-state index contributed by atoms with van der Waals surface area (Å²) in [5, 5.41) is 1.62. The van der Waals surface area contributed by atoms with Gasteiger partial charge in [-0.15, -0.1) is 0 Å². The van der Waals surface area contributed by atoms with Crippen LogP contribution in [0.4, 0.5) is 0 Å². The fourth-order valence-electron chi connectivity index (χ4n) is 1.43. The third kappa shape index (κ3) is 2.38. The molecule has 0 aliphatic heterocycles. The number of benzene rings is 1. The second-order valence-corrected chi connectivity index (χ2v) is 5.16. The van der Waals surface area contributed by atoms with Crippen molar-refractivity contribution in [2.45, 2.75) is 0 Å². The van der Waals surface area contributed by atoms with Crippen LogP contribution in [-0.2, 0) is 0 Å². The molecule has 0 saturated carbocycles. The minimum Gasteiger partial charge on any atom is -0.489 e. The molecule has 0 saturated heterocycles. The van der Waals surface area contributed by atoms with Gasteiger partial charge in [0.1, 0.15) is 5.52 Å². The van der Waals surface area contributed by atoms with E-state index in [2.05, 4.69) is 40.2 Å². The molecule has 0 amide bonds. The largest absolute Gasteiger partial charge is 0.489 e. The Hall–Kier alpha value is -0.200. The molecule has 1 heterocycles. The summed E-state index contributed by atoms with van der Waals surface area (Å²) in [7, 11) is 0. The monoisotopic (exact) mass is 365 g/mol. The van der Waals surface area contributed by atoms with E-state index in [1.54, 1.807) is 6.20 Å². The van der Waals surface area contributed by atoms with E-state index in [4.69, 9.17) is 16.3 Å². The Morgan fingerprint density at radius 2 is 2.31 bits per heavy atom. The number of aromatic nitrogens is 1. The summed E-state index contributed by atoms with van der Waals surface area (Å²) < 4.78 is 6.62. The van der Waals surface area contributed by atoms with Crippen molar-refractivity contribution in [3.05, 3.63) is 33.0 Å². The van der Waals surface area contributed by atoms with E-state index in [0.717, 1.165) is 20.2 Å². The molecule has 0 bridgehead atoms. The fraction of sp³-hybridized carbons (Fsp3) is 0.182. The number of ether oxygens (including phenoxy) is 1. The molecule has 2 nitrogen and oxygen atoms in total. The van der Waals surface area contributed by atoms with Crippen molar-refractivity contribution < 1.29 is 4.74 Å². The molecule has 16 heavy (non-hydrogen) atoms. The summed E-state index contributed by atoms with van der Waals surface area (Å²) in [6, 6.07) is 5.69. The normalized spacial score (nSPS) is 10.7. The van der Waals surface area contributed by atoms with Gasteiger partial charge >= 0.3 is 0 Å². The molecule has 84 valence electrons. The predicted octanol–water partition coefficient (Wildman–Crippen LogP) is 3.80. The summed E-state index contributed by atoms with van der Waals surface area (Å²) in [4.78, 5) is 4.32. The van der Waals surface area contributed by atoms with Crippen molar-refractivity contribution in [1.82, 2.24) is 4.98 Å². The van der Waals surface area contributed by atoms with Crippen LogP contribution in [0.15, 0.2) is 24.4 Å². The van der Waals surface area contributed by atoms with E-state index in [9.17, 15) is 0 Å². The van der Waals surface area contributed by atoms with E-state index >= 15 is 0 Å². The van der Waals surface area contributed by atoms with E-state index in [0.29, 0.717) is 17.4 Å². The van der Waals surface area contributed by atoms with Gasteiger partial charge in [-0.05, 0) is 40.8 Å². The Labute approximate surface area is 118 Å². The van der Waals surface area contributed by atoms with Crippen LogP contribution in [-0.4, -0.2) is 17.3 Å². The van der Waals surface area contributed by atoms with Crippen molar-refractivity contribution in [2.75, 3.05) is 12.4 Å². The summed E-state index contributed by atoms with van der Waals surface area (Å²) in [5.41, 5.74) is 0.807. The first-order chi connectivity index (χ1) is 7.74. The van der Waals surface area contributed by atoms with Crippen molar-refractivity contribution in [1.29, 1.82) is 0 Å². The van der Waals surface area contributed by atoms with Crippen LogP contribution in [0, 0.1) is 3.57 Å². The smallest absolute Gasteiger partial charge is 0.158 e. The standard InChI is InChI=1S/C11H9ClINOS/c12-8-6-9(13)11(15-4-5-16)10-7(8)2-1-3-14-10/h1-3,6,16H,4-5H2. The maximum absolute atomic E-state index is 6.15. The number of hydrogen-bond donors (Lipinski definition) is 1. The van der Waals surface area contributed by atoms with Crippen molar-refractivity contribution in [2.24, 2.45) is 0 Å². The van der Waals surface area contributed by atoms with Crippen LogP contribution in [0.25, 0.3) is 10.9 Å². The van der Waals surface area contributed by atoms with Gasteiger partial charge in [0.05, 0.1) is 15.2 Å². The SMILES string of the molecule is SCCOc1c(I)cc(Cl)c2cccnc12. The summed E-state index contributed by atoms with van der Waals surface area (Å²) in [6.07, 6.45) is 1.74. The number of fused-ring (bicyclic) bond motifs is 1. The third-order valence-corrected chi connectivity index (χ3v) is 3.38. The molecule has 2 aromatic rings. The molecule has 0 unspecified atom stereocenters. The second-order valence-electron chi connectivity index (χ2n) is 3.14. The maximum atomic E-state index is 6.15. The van der Waals surface area contributed by atoms with Crippen molar-refractivity contribution in [3.63, 3.8) is 0 Å². The van der Waals surface area contributed by atoms with Crippen molar-refractivity contribution >= 4 is 57.7 Å². The van der Waals surface area contributed by atoms with Gasteiger partial charge in [-0.3, -0.25) is 4.98 Å². The van der Waals surface area contributed by atoms with Crippen LogP contribution in [0.5, 0.6) is 5.75 Å². The molecular weight excluding hydrogens is 357 g/mol. The van der Waals surface area contributed by atoms with E-state index in [1.165, 1.54) is 0 Å². The number of rotatable bonds is 3. The highest BCUT2D eigenvalue weighted by Gasteiger charge is 2.11. The molecule has 0 radical (unpaired) electrons. The zero-order valence-electron chi connectivity index (χ0n) is 8.28. The number of thiol groups is 1. The van der Waals surface area contributed by atoms with Crippen LogP contribution in [0.1, 0.15) is 0 Å². The molecule has 0 spiro atoms. The maximum Gasteiger partial charge on any atom is 0.158 e. The molecule has 5 heteroatoms. The van der Waals surface area contributed by atoms with E-state index in [-0.39, 0.29) is 0 Å². The number of pyridine rings is 1. The molecule has 2 rings (SSSR count). The minimum absolute atomic E-state index is 0.562. The summed E-state index contributed by atoms with van der Waals surface area (Å²) >= 11 is 12.5. The van der Waals surface area contributed by atoms with Crippen LogP contribution in [0.3, 0.4) is 0 Å². The number of hydrogen-bond acceptors (Lipinski definition) is 3. The second kappa shape index (κ2) is 5.42. The first kappa shape index (κ1) is 12.3. The van der Waals surface area contributed by atoms with Crippen LogP contribution >= 0.6 is 46.8 Å². The van der Waals surface area contributed by atoms with Gasteiger partial charge in [0, 0.05) is 17.3 Å². The molecule has 0 aliphatic carbocycles. The predicted molar refractivity (Wildman–Crippen MR) is 78.8 cm³/mol. The van der Waals surface area contributed by atoms with E-state index < -0.39 is 0 Å². The molecule has 0 atom stereocenters. The van der Waals surface area contributed by atoms with Crippen LogP contribution < -0.4 is 4.74 Å². The lowest BCUT2D eigenvalue weighted by Crippen LogP contribution is -2.01. The van der Waals surface area contributed by atoms with Gasteiger partial charge in [-0.2, -0.15) is 12.6 Å². The summed E-state index contributed by atoms with van der Waals surface area (Å²) in [6.45, 7) is 0.562. The van der Waals surface area contributed by atoms with Gasteiger partial charge in [-0.25, -0.2) is 0 Å². The molecule has 1 aromatic heterocycles. The topological polar surface area (TPSA) is 22.1 Å². The highest BCUT2D eigenvalue weighted by atomic mass is 127. The first-order valence-electron chi connectivity index (χ1n) is 4.70. The number of nitrogens with zero attached hydrogens (tertiary/aromatic N) is 1. The minimum atomic E-state index is 0.562. The molecule has 0 N–H and O–H groups in total. The molecule has 0 fully saturated rings. The van der Waals surface area contributed by atoms with Gasteiger partial charge in [0.15, 0.2) is 5.75 Å². The molecule has 1 aromatic carbocycles. The average Bonchev–Trinajstić information content (AvgIpc) is 2.29. The molecular formula is C11H9ClINOS. The fourth-order valence-corrected chi connectivity index (χ4v) is 2.69. The Kier molecular flexibility index (Phi) is 4.16.